The Labute approximate surface area is 101 Å². The highest BCUT2D eigenvalue weighted by molar-refractivity contribution is 8.00. The molecule has 0 spiro atoms. The van der Waals surface area contributed by atoms with Crippen LogP contribution in [0.1, 0.15) is 26.3 Å². The van der Waals surface area contributed by atoms with Crippen molar-refractivity contribution in [1.29, 1.82) is 0 Å². The van der Waals surface area contributed by atoms with Gasteiger partial charge in [-0.05, 0) is 39.8 Å². The molecule has 0 bridgehead atoms. The van der Waals surface area contributed by atoms with E-state index in [-0.39, 0.29) is 5.97 Å². The maximum Gasteiger partial charge on any atom is 0.316 e. The molecule has 1 aromatic rings. The fourth-order valence-corrected chi connectivity index (χ4v) is 1.82. The summed E-state index contributed by atoms with van der Waals surface area (Å²) in [4.78, 5) is 12.5. The Bertz CT molecular complexity index is 349. The van der Waals surface area contributed by atoms with Crippen LogP contribution in [0.3, 0.4) is 0 Å². The Kier molecular flexibility index (Phi) is 4.42. The largest absolute Gasteiger partial charge is 0.459 e. The summed E-state index contributed by atoms with van der Waals surface area (Å²) in [7, 11) is 0. The van der Waals surface area contributed by atoms with Crippen LogP contribution in [0, 0.1) is 6.92 Å². The Morgan fingerprint density at radius 3 is 2.31 bits per heavy atom. The van der Waals surface area contributed by atoms with Crippen molar-refractivity contribution in [1.82, 2.24) is 0 Å². The van der Waals surface area contributed by atoms with E-state index in [9.17, 15) is 4.79 Å². The first-order valence-electron chi connectivity index (χ1n) is 5.28. The van der Waals surface area contributed by atoms with Crippen molar-refractivity contribution in [3.8, 4) is 0 Å². The lowest BCUT2D eigenvalue weighted by Gasteiger charge is -2.19. The third-order valence-electron chi connectivity index (χ3n) is 1.80. The molecule has 0 amide bonds. The molecule has 1 rings (SSSR count). The molecule has 0 fully saturated rings. The topological polar surface area (TPSA) is 26.3 Å². The average molecular weight is 238 g/mol. The maximum absolute atomic E-state index is 11.5. The molecule has 0 N–H and O–H groups in total. The first kappa shape index (κ1) is 13.1. The van der Waals surface area contributed by atoms with Crippen LogP contribution in [-0.4, -0.2) is 17.3 Å². The van der Waals surface area contributed by atoms with Gasteiger partial charge in [0.25, 0.3) is 0 Å². The summed E-state index contributed by atoms with van der Waals surface area (Å²) in [5.74, 6) is 0.193. The molecule has 2 nitrogen and oxygen atoms in total. The Hall–Kier alpha value is -0.960. The van der Waals surface area contributed by atoms with Gasteiger partial charge in [0.15, 0.2) is 0 Å². The lowest BCUT2D eigenvalue weighted by atomic mass is 10.2. The lowest BCUT2D eigenvalue weighted by molar-refractivity contribution is -0.151. The van der Waals surface area contributed by atoms with Gasteiger partial charge in [-0.2, -0.15) is 0 Å². The molecule has 0 saturated carbocycles. The average Bonchev–Trinajstić information content (AvgIpc) is 2.14. The number of hydrogen-bond donors (Lipinski definition) is 0. The molecule has 0 radical (unpaired) electrons. The molecule has 0 aliphatic carbocycles. The quantitative estimate of drug-likeness (QED) is 0.596. The molecule has 88 valence electrons. The zero-order chi connectivity index (χ0) is 12.2. The summed E-state index contributed by atoms with van der Waals surface area (Å²) in [5, 5.41) is 0. The number of thioether (sulfide) groups is 1. The van der Waals surface area contributed by atoms with Crippen molar-refractivity contribution in [2.75, 3.05) is 5.75 Å². The van der Waals surface area contributed by atoms with E-state index < -0.39 is 5.60 Å². The standard InChI is InChI=1S/C13H18O2S/c1-10-5-7-11(8-6-10)16-9-12(14)15-13(2,3)4/h5-8H,9H2,1-4H3. The van der Waals surface area contributed by atoms with E-state index in [4.69, 9.17) is 4.74 Å². The van der Waals surface area contributed by atoms with Crippen LogP contribution in [-0.2, 0) is 9.53 Å². The Morgan fingerprint density at radius 2 is 1.81 bits per heavy atom. The SMILES string of the molecule is Cc1ccc(SCC(=O)OC(C)(C)C)cc1. The second kappa shape index (κ2) is 5.39. The predicted octanol–water partition coefficient (Wildman–Crippen LogP) is 3.43. The zero-order valence-electron chi connectivity index (χ0n) is 10.2. The minimum Gasteiger partial charge on any atom is -0.459 e. The van der Waals surface area contributed by atoms with Gasteiger partial charge in [0, 0.05) is 4.90 Å². The third kappa shape index (κ3) is 5.21. The number of carbonyl (C=O) groups is 1. The summed E-state index contributed by atoms with van der Waals surface area (Å²) in [6, 6.07) is 8.11. The van der Waals surface area contributed by atoms with Crippen LogP contribution in [0.4, 0.5) is 0 Å². The van der Waals surface area contributed by atoms with E-state index in [0.717, 1.165) is 4.90 Å². The predicted molar refractivity (Wildman–Crippen MR) is 67.7 cm³/mol. The van der Waals surface area contributed by atoms with Gasteiger partial charge in [0.05, 0.1) is 5.75 Å². The highest BCUT2D eigenvalue weighted by atomic mass is 32.2. The van der Waals surface area contributed by atoms with Gasteiger partial charge in [0.2, 0.25) is 0 Å². The molecule has 0 aliphatic rings. The molecule has 0 heterocycles. The van der Waals surface area contributed by atoms with Gasteiger partial charge < -0.3 is 4.74 Å². The van der Waals surface area contributed by atoms with Gasteiger partial charge in [0.1, 0.15) is 5.60 Å². The van der Waals surface area contributed by atoms with E-state index in [1.807, 2.05) is 52.0 Å². The lowest BCUT2D eigenvalue weighted by Crippen LogP contribution is -2.24. The number of aryl methyl sites for hydroxylation is 1. The zero-order valence-corrected chi connectivity index (χ0v) is 11.1. The fraction of sp³-hybridized carbons (Fsp3) is 0.462. The monoisotopic (exact) mass is 238 g/mol. The first-order valence-corrected chi connectivity index (χ1v) is 6.27. The normalized spacial score (nSPS) is 11.2. The van der Waals surface area contributed by atoms with E-state index in [0.29, 0.717) is 5.75 Å². The van der Waals surface area contributed by atoms with Crippen LogP contribution in [0.25, 0.3) is 0 Å². The number of hydrogen-bond acceptors (Lipinski definition) is 3. The molecule has 0 aromatic heterocycles. The van der Waals surface area contributed by atoms with Crippen molar-refractivity contribution in [3.63, 3.8) is 0 Å². The van der Waals surface area contributed by atoms with Crippen LogP contribution < -0.4 is 0 Å². The van der Waals surface area contributed by atoms with Crippen molar-refractivity contribution >= 4 is 17.7 Å². The van der Waals surface area contributed by atoms with Gasteiger partial charge in [-0.15, -0.1) is 11.8 Å². The van der Waals surface area contributed by atoms with Crippen molar-refractivity contribution in [2.45, 2.75) is 38.2 Å². The van der Waals surface area contributed by atoms with Crippen LogP contribution >= 0.6 is 11.8 Å². The Balaban J connectivity index is 2.40. The summed E-state index contributed by atoms with van der Waals surface area (Å²) < 4.78 is 5.22. The van der Waals surface area contributed by atoms with Crippen molar-refractivity contribution in [3.05, 3.63) is 29.8 Å². The molecule has 3 heteroatoms. The molecule has 0 aliphatic heterocycles. The molecular weight excluding hydrogens is 220 g/mol. The fourth-order valence-electron chi connectivity index (χ4n) is 1.15. The highest BCUT2D eigenvalue weighted by Crippen LogP contribution is 2.19. The third-order valence-corrected chi connectivity index (χ3v) is 2.78. The first-order chi connectivity index (χ1) is 7.37. The van der Waals surface area contributed by atoms with Gasteiger partial charge in [-0.25, -0.2) is 0 Å². The number of rotatable bonds is 3. The highest BCUT2D eigenvalue weighted by Gasteiger charge is 2.15. The number of ether oxygens (including phenoxy) is 1. The minimum atomic E-state index is -0.398. The van der Waals surface area contributed by atoms with Crippen molar-refractivity contribution in [2.24, 2.45) is 0 Å². The molecule has 0 saturated heterocycles. The van der Waals surface area contributed by atoms with Gasteiger partial charge >= 0.3 is 5.97 Å². The van der Waals surface area contributed by atoms with E-state index >= 15 is 0 Å². The number of carbonyl (C=O) groups excluding carboxylic acids is 1. The molecule has 1 aromatic carbocycles. The molecule has 16 heavy (non-hydrogen) atoms. The van der Waals surface area contributed by atoms with Crippen LogP contribution in [0.15, 0.2) is 29.2 Å². The summed E-state index contributed by atoms with van der Waals surface area (Å²) in [5.41, 5.74) is 0.826. The number of esters is 1. The summed E-state index contributed by atoms with van der Waals surface area (Å²) in [6.07, 6.45) is 0. The Morgan fingerprint density at radius 1 is 1.25 bits per heavy atom. The summed E-state index contributed by atoms with van der Waals surface area (Å²) >= 11 is 1.50. The van der Waals surface area contributed by atoms with Crippen LogP contribution in [0.2, 0.25) is 0 Å². The van der Waals surface area contributed by atoms with E-state index in [2.05, 4.69) is 0 Å². The summed E-state index contributed by atoms with van der Waals surface area (Å²) in [6.45, 7) is 7.67. The van der Waals surface area contributed by atoms with E-state index in [1.165, 1.54) is 17.3 Å². The molecule has 0 unspecified atom stereocenters. The van der Waals surface area contributed by atoms with Crippen LogP contribution in [0.5, 0.6) is 0 Å². The smallest absolute Gasteiger partial charge is 0.316 e. The minimum absolute atomic E-state index is 0.168. The maximum atomic E-state index is 11.5. The molecular formula is C13H18O2S. The van der Waals surface area contributed by atoms with Crippen molar-refractivity contribution < 1.29 is 9.53 Å². The second-order valence-corrected chi connectivity index (χ2v) is 5.74. The van der Waals surface area contributed by atoms with Gasteiger partial charge in [-0.1, -0.05) is 17.7 Å². The molecule has 0 atom stereocenters. The number of benzene rings is 1. The van der Waals surface area contributed by atoms with E-state index in [1.54, 1.807) is 0 Å². The van der Waals surface area contributed by atoms with Gasteiger partial charge in [-0.3, -0.25) is 4.79 Å². The second-order valence-electron chi connectivity index (χ2n) is 4.69.